The second-order valence-electron chi connectivity index (χ2n) is 5.64. The number of rotatable bonds is 5. The van der Waals surface area contributed by atoms with Crippen molar-refractivity contribution in [1.29, 1.82) is 0 Å². The molecule has 3 rings (SSSR count). The van der Waals surface area contributed by atoms with Crippen molar-refractivity contribution >= 4 is 17.8 Å². The van der Waals surface area contributed by atoms with Crippen molar-refractivity contribution in [3.63, 3.8) is 0 Å². The summed E-state index contributed by atoms with van der Waals surface area (Å²) in [7, 11) is 0. The summed E-state index contributed by atoms with van der Waals surface area (Å²) in [6.45, 7) is 0.568. The van der Waals surface area contributed by atoms with Crippen LogP contribution < -0.4 is 16.0 Å². The minimum Gasteiger partial charge on any atom is -0.355 e. The van der Waals surface area contributed by atoms with Gasteiger partial charge in [0.1, 0.15) is 6.04 Å². The lowest BCUT2D eigenvalue weighted by Gasteiger charge is -2.17. The topological polar surface area (TPSA) is 87.3 Å². The number of hydrogen-bond donors (Lipinski definition) is 3. The van der Waals surface area contributed by atoms with E-state index in [1.54, 1.807) is 0 Å². The van der Waals surface area contributed by atoms with Gasteiger partial charge in [-0.1, -0.05) is 30.3 Å². The molecule has 1 aliphatic heterocycles. The van der Waals surface area contributed by atoms with E-state index in [2.05, 4.69) is 28.1 Å². The molecule has 21 heavy (non-hydrogen) atoms. The third-order valence-corrected chi connectivity index (χ3v) is 4.11. The molecule has 1 saturated carbocycles. The average Bonchev–Trinajstić information content (AvgIpc) is 3.20. The van der Waals surface area contributed by atoms with Crippen molar-refractivity contribution in [2.24, 2.45) is 0 Å². The van der Waals surface area contributed by atoms with Gasteiger partial charge in [0.15, 0.2) is 0 Å². The fourth-order valence-corrected chi connectivity index (χ4v) is 2.64. The Labute approximate surface area is 122 Å². The first-order valence-electron chi connectivity index (χ1n) is 7.03. The molecule has 0 aromatic heterocycles. The first-order valence-corrected chi connectivity index (χ1v) is 7.03. The number of carbonyl (C=O) groups is 3. The summed E-state index contributed by atoms with van der Waals surface area (Å²) >= 11 is 0. The zero-order valence-electron chi connectivity index (χ0n) is 11.5. The third-order valence-electron chi connectivity index (χ3n) is 4.11. The van der Waals surface area contributed by atoms with Gasteiger partial charge in [0.05, 0.1) is 6.42 Å². The van der Waals surface area contributed by atoms with Crippen molar-refractivity contribution in [2.45, 2.75) is 30.7 Å². The Morgan fingerprint density at radius 1 is 1.24 bits per heavy atom. The SMILES string of the molecule is O=C(C[C@@H]1NC(=O)NC1=O)NCC1(c2ccccc2)CC1. The molecule has 2 aliphatic rings. The number of nitrogens with one attached hydrogen (secondary N) is 3. The van der Waals surface area contributed by atoms with Crippen molar-refractivity contribution in [3.05, 3.63) is 35.9 Å². The zero-order valence-corrected chi connectivity index (χ0v) is 11.5. The number of amides is 4. The summed E-state index contributed by atoms with van der Waals surface area (Å²) in [5.41, 5.74) is 1.27. The van der Waals surface area contributed by atoms with Gasteiger partial charge in [-0.05, 0) is 18.4 Å². The lowest BCUT2D eigenvalue weighted by molar-refractivity contribution is -0.126. The van der Waals surface area contributed by atoms with Crippen LogP contribution in [0.1, 0.15) is 24.8 Å². The number of imide groups is 1. The Balaban J connectivity index is 1.53. The molecule has 6 heteroatoms. The molecule has 1 atom stereocenters. The van der Waals surface area contributed by atoms with Gasteiger partial charge in [-0.2, -0.15) is 0 Å². The van der Waals surface area contributed by atoms with Gasteiger partial charge in [0.2, 0.25) is 5.91 Å². The maximum atomic E-state index is 11.9. The summed E-state index contributed by atoms with van der Waals surface area (Å²) in [5.74, 6) is -0.668. The van der Waals surface area contributed by atoms with Crippen LogP contribution in [0.5, 0.6) is 0 Å². The molecule has 1 aromatic carbocycles. The van der Waals surface area contributed by atoms with Crippen LogP contribution in [0.3, 0.4) is 0 Å². The first kappa shape index (κ1) is 13.6. The minimum absolute atomic E-state index is 0.0254. The average molecular weight is 287 g/mol. The van der Waals surface area contributed by atoms with Crippen LogP contribution in [0.2, 0.25) is 0 Å². The second kappa shape index (κ2) is 5.20. The number of urea groups is 1. The molecule has 0 bridgehead atoms. The van der Waals surface area contributed by atoms with Crippen molar-refractivity contribution in [3.8, 4) is 0 Å². The van der Waals surface area contributed by atoms with Gasteiger partial charge in [-0.25, -0.2) is 4.79 Å². The van der Waals surface area contributed by atoms with Crippen LogP contribution in [0.15, 0.2) is 30.3 Å². The molecule has 3 N–H and O–H groups in total. The van der Waals surface area contributed by atoms with Crippen LogP contribution in [-0.2, 0) is 15.0 Å². The number of hydrogen-bond acceptors (Lipinski definition) is 3. The molecular weight excluding hydrogens is 270 g/mol. The van der Waals surface area contributed by atoms with E-state index in [1.165, 1.54) is 5.56 Å². The molecule has 1 aliphatic carbocycles. The van der Waals surface area contributed by atoms with E-state index in [0.717, 1.165) is 12.8 Å². The summed E-state index contributed by atoms with van der Waals surface area (Å²) in [4.78, 5) is 34.3. The van der Waals surface area contributed by atoms with E-state index in [9.17, 15) is 14.4 Å². The Hall–Kier alpha value is -2.37. The molecule has 0 spiro atoms. The van der Waals surface area contributed by atoms with Gasteiger partial charge in [-0.15, -0.1) is 0 Å². The molecule has 4 amide bonds. The summed E-state index contributed by atoms with van der Waals surface area (Å²) in [6.07, 6.45) is 2.08. The smallest absolute Gasteiger partial charge is 0.322 e. The summed E-state index contributed by atoms with van der Waals surface area (Å²) in [6, 6.07) is 8.81. The molecule has 0 radical (unpaired) electrons. The molecule has 2 fully saturated rings. The highest BCUT2D eigenvalue weighted by Crippen LogP contribution is 2.47. The van der Waals surface area contributed by atoms with Gasteiger partial charge in [0.25, 0.3) is 5.91 Å². The third kappa shape index (κ3) is 2.89. The molecule has 1 heterocycles. The highest BCUT2D eigenvalue weighted by atomic mass is 16.2. The molecule has 1 aromatic rings. The van der Waals surface area contributed by atoms with Crippen LogP contribution in [0.25, 0.3) is 0 Å². The fourth-order valence-electron chi connectivity index (χ4n) is 2.64. The molecule has 110 valence electrons. The summed E-state index contributed by atoms with van der Waals surface area (Å²) < 4.78 is 0. The van der Waals surface area contributed by atoms with Gasteiger partial charge >= 0.3 is 6.03 Å². The number of benzene rings is 1. The first-order chi connectivity index (χ1) is 10.1. The van der Waals surface area contributed by atoms with Crippen LogP contribution in [0.4, 0.5) is 4.79 Å². The largest absolute Gasteiger partial charge is 0.355 e. The molecule has 0 unspecified atom stereocenters. The van der Waals surface area contributed by atoms with E-state index in [-0.39, 0.29) is 17.7 Å². The standard InChI is InChI=1S/C15H17N3O3/c19-12(8-11-13(20)18-14(21)17-11)16-9-15(6-7-15)10-4-2-1-3-5-10/h1-5,11H,6-9H2,(H,16,19)(H2,17,18,20,21)/t11-/m0/s1. The predicted octanol–water partition coefficient (Wildman–Crippen LogP) is 0.433. The second-order valence-corrected chi connectivity index (χ2v) is 5.64. The molecule has 6 nitrogen and oxygen atoms in total. The van der Waals surface area contributed by atoms with Gasteiger partial charge < -0.3 is 10.6 Å². The minimum atomic E-state index is -0.760. The Morgan fingerprint density at radius 3 is 2.52 bits per heavy atom. The zero-order chi connectivity index (χ0) is 14.9. The van der Waals surface area contributed by atoms with Gasteiger partial charge in [0, 0.05) is 12.0 Å². The molecule has 1 saturated heterocycles. The normalized spacial score (nSPS) is 22.4. The van der Waals surface area contributed by atoms with Crippen LogP contribution in [0, 0.1) is 0 Å². The molecular formula is C15H17N3O3. The van der Waals surface area contributed by atoms with Crippen molar-refractivity contribution < 1.29 is 14.4 Å². The van der Waals surface area contributed by atoms with E-state index >= 15 is 0 Å². The van der Waals surface area contributed by atoms with E-state index in [4.69, 9.17) is 0 Å². The lowest BCUT2D eigenvalue weighted by atomic mass is 9.96. The quantitative estimate of drug-likeness (QED) is 0.686. The Morgan fingerprint density at radius 2 is 1.95 bits per heavy atom. The predicted molar refractivity (Wildman–Crippen MR) is 75.4 cm³/mol. The van der Waals surface area contributed by atoms with Crippen molar-refractivity contribution in [1.82, 2.24) is 16.0 Å². The van der Waals surface area contributed by atoms with Crippen LogP contribution in [-0.4, -0.2) is 30.4 Å². The summed E-state index contributed by atoms with van der Waals surface area (Å²) in [5, 5.41) is 7.41. The Bertz CT molecular complexity index is 581. The van der Waals surface area contributed by atoms with Crippen molar-refractivity contribution in [2.75, 3.05) is 6.54 Å². The van der Waals surface area contributed by atoms with Gasteiger partial charge in [-0.3, -0.25) is 14.9 Å². The fraction of sp³-hybridized carbons (Fsp3) is 0.400. The highest BCUT2D eigenvalue weighted by Gasteiger charge is 2.44. The number of carbonyl (C=O) groups excluding carboxylic acids is 3. The van der Waals surface area contributed by atoms with Crippen LogP contribution >= 0.6 is 0 Å². The Kier molecular flexibility index (Phi) is 3.37. The van der Waals surface area contributed by atoms with E-state index in [0.29, 0.717) is 6.54 Å². The highest BCUT2D eigenvalue weighted by molar-refractivity contribution is 6.05. The maximum Gasteiger partial charge on any atom is 0.322 e. The monoisotopic (exact) mass is 287 g/mol. The maximum absolute atomic E-state index is 11.9. The van der Waals surface area contributed by atoms with E-state index in [1.807, 2.05) is 18.2 Å². The lowest BCUT2D eigenvalue weighted by Crippen LogP contribution is -2.38. The van der Waals surface area contributed by atoms with E-state index < -0.39 is 18.0 Å².